The first-order valence-electron chi connectivity index (χ1n) is 15.9. The highest BCUT2D eigenvalue weighted by Crippen LogP contribution is 2.46. The smallest absolute Gasteiger partial charge is 0.143 e. The van der Waals surface area contributed by atoms with Gasteiger partial charge < -0.3 is 8.98 Å². The molecular weight excluding hydrogens is 591 g/mol. The number of thiophene rings is 1. The van der Waals surface area contributed by atoms with Crippen molar-refractivity contribution < 1.29 is 4.42 Å². The Morgan fingerprint density at radius 2 is 1.15 bits per heavy atom. The van der Waals surface area contributed by atoms with Gasteiger partial charge in [-0.3, -0.25) is 0 Å². The van der Waals surface area contributed by atoms with Crippen molar-refractivity contribution in [3.8, 4) is 39.1 Å². The molecule has 220 valence electrons. The molecule has 0 saturated heterocycles. The maximum Gasteiger partial charge on any atom is 0.143 e. The van der Waals surface area contributed by atoms with Gasteiger partial charge in [0.1, 0.15) is 11.2 Å². The summed E-state index contributed by atoms with van der Waals surface area (Å²) in [6.45, 7) is 0. The summed E-state index contributed by atoms with van der Waals surface area (Å²) in [6.07, 6.45) is 0. The number of furan rings is 1. The van der Waals surface area contributed by atoms with Gasteiger partial charge >= 0.3 is 0 Å². The Labute approximate surface area is 275 Å². The SMILES string of the molecule is c1ccc(-c2ccc3oc4c(-c5cccc(-c6cccc7sc8c9ccccc9n(-c9ccccc9)c8c67)c5)cccc4c3c2)cc1. The van der Waals surface area contributed by atoms with Gasteiger partial charge in [-0.1, -0.05) is 121 Å². The van der Waals surface area contributed by atoms with Crippen molar-refractivity contribution in [2.45, 2.75) is 0 Å². The fraction of sp³-hybridized carbons (Fsp3) is 0. The average Bonchev–Trinajstić information content (AvgIpc) is 3.81. The van der Waals surface area contributed by atoms with E-state index in [9.17, 15) is 0 Å². The minimum Gasteiger partial charge on any atom is -0.455 e. The number of rotatable bonds is 4. The van der Waals surface area contributed by atoms with Crippen LogP contribution in [0.4, 0.5) is 0 Å². The van der Waals surface area contributed by atoms with Crippen molar-refractivity contribution in [1.82, 2.24) is 4.57 Å². The van der Waals surface area contributed by atoms with Crippen LogP contribution in [0.15, 0.2) is 168 Å². The van der Waals surface area contributed by atoms with Crippen LogP contribution in [-0.4, -0.2) is 4.57 Å². The second kappa shape index (κ2) is 10.3. The predicted octanol–water partition coefficient (Wildman–Crippen LogP) is 12.9. The molecule has 10 aromatic rings. The molecular formula is C44H27NOS. The average molecular weight is 618 g/mol. The number of benzene rings is 7. The molecule has 0 saturated carbocycles. The Kier molecular flexibility index (Phi) is 5.78. The van der Waals surface area contributed by atoms with Crippen molar-refractivity contribution >= 4 is 64.5 Å². The third-order valence-electron chi connectivity index (χ3n) is 9.41. The van der Waals surface area contributed by atoms with E-state index in [1.54, 1.807) is 0 Å². The fourth-order valence-electron chi connectivity index (χ4n) is 7.29. The van der Waals surface area contributed by atoms with Gasteiger partial charge in [0.25, 0.3) is 0 Å². The molecule has 10 rings (SSSR count). The summed E-state index contributed by atoms with van der Waals surface area (Å²) in [7, 11) is 0. The third-order valence-corrected chi connectivity index (χ3v) is 10.6. The van der Waals surface area contributed by atoms with Gasteiger partial charge in [-0.25, -0.2) is 0 Å². The van der Waals surface area contributed by atoms with Gasteiger partial charge in [-0.15, -0.1) is 11.3 Å². The molecule has 0 unspecified atom stereocenters. The van der Waals surface area contributed by atoms with Gasteiger partial charge in [-0.2, -0.15) is 0 Å². The van der Waals surface area contributed by atoms with Gasteiger partial charge in [0.15, 0.2) is 0 Å². The van der Waals surface area contributed by atoms with E-state index in [-0.39, 0.29) is 0 Å². The normalized spacial score (nSPS) is 11.8. The molecule has 0 radical (unpaired) electrons. The second-order valence-corrected chi connectivity index (χ2v) is 13.1. The van der Waals surface area contributed by atoms with Crippen molar-refractivity contribution in [2.24, 2.45) is 0 Å². The lowest BCUT2D eigenvalue weighted by atomic mass is 9.95. The summed E-state index contributed by atoms with van der Waals surface area (Å²) in [4.78, 5) is 0. The van der Waals surface area contributed by atoms with Gasteiger partial charge in [0.05, 0.1) is 15.7 Å². The summed E-state index contributed by atoms with van der Waals surface area (Å²) in [5.74, 6) is 0. The number of hydrogen-bond donors (Lipinski definition) is 0. The van der Waals surface area contributed by atoms with E-state index in [2.05, 4.69) is 168 Å². The lowest BCUT2D eigenvalue weighted by Crippen LogP contribution is -1.93. The minimum absolute atomic E-state index is 0.905. The van der Waals surface area contributed by atoms with Crippen molar-refractivity contribution in [2.75, 3.05) is 0 Å². The van der Waals surface area contributed by atoms with Gasteiger partial charge in [0, 0.05) is 37.5 Å². The van der Waals surface area contributed by atoms with Crippen LogP contribution in [0.3, 0.4) is 0 Å². The first-order valence-corrected chi connectivity index (χ1v) is 16.7. The summed E-state index contributed by atoms with van der Waals surface area (Å²) < 4.78 is 11.6. The van der Waals surface area contributed by atoms with Crippen LogP contribution in [0, 0.1) is 0 Å². The van der Waals surface area contributed by atoms with Crippen molar-refractivity contribution in [1.29, 1.82) is 0 Å². The molecule has 0 bridgehead atoms. The van der Waals surface area contributed by atoms with E-state index in [0.717, 1.165) is 33.1 Å². The molecule has 3 heteroatoms. The monoisotopic (exact) mass is 617 g/mol. The number of aromatic nitrogens is 1. The second-order valence-electron chi connectivity index (χ2n) is 12.1. The maximum atomic E-state index is 6.59. The van der Waals surface area contributed by atoms with Crippen LogP contribution >= 0.6 is 11.3 Å². The molecule has 0 aliphatic carbocycles. The van der Waals surface area contributed by atoms with Crippen molar-refractivity contribution in [3.05, 3.63) is 164 Å². The molecule has 2 nitrogen and oxygen atoms in total. The molecule has 0 amide bonds. The lowest BCUT2D eigenvalue weighted by molar-refractivity contribution is 0.670. The summed E-state index contributed by atoms with van der Waals surface area (Å²) in [5, 5.41) is 4.85. The Hall–Kier alpha value is -5.90. The van der Waals surface area contributed by atoms with Crippen LogP contribution in [0.5, 0.6) is 0 Å². The minimum atomic E-state index is 0.905. The van der Waals surface area contributed by atoms with E-state index in [1.165, 1.54) is 59.1 Å². The molecule has 0 fully saturated rings. The zero-order chi connectivity index (χ0) is 30.9. The number of fused-ring (bicyclic) bond motifs is 8. The van der Waals surface area contributed by atoms with Crippen LogP contribution in [0.25, 0.3) is 92.2 Å². The zero-order valence-electron chi connectivity index (χ0n) is 25.4. The van der Waals surface area contributed by atoms with Crippen LogP contribution < -0.4 is 0 Å². The summed E-state index contributed by atoms with van der Waals surface area (Å²) in [6, 6.07) is 58.7. The first kappa shape index (κ1) is 26.3. The largest absolute Gasteiger partial charge is 0.455 e. The maximum absolute atomic E-state index is 6.59. The van der Waals surface area contributed by atoms with E-state index in [1.807, 2.05) is 11.3 Å². The Bertz CT molecular complexity index is 2780. The predicted molar refractivity (Wildman–Crippen MR) is 200 cm³/mol. The third kappa shape index (κ3) is 4.04. The Morgan fingerprint density at radius 3 is 2.02 bits per heavy atom. The van der Waals surface area contributed by atoms with Crippen molar-refractivity contribution in [3.63, 3.8) is 0 Å². The highest BCUT2D eigenvalue weighted by atomic mass is 32.1. The Morgan fingerprint density at radius 1 is 0.468 bits per heavy atom. The van der Waals surface area contributed by atoms with Gasteiger partial charge in [-0.05, 0) is 70.3 Å². The highest BCUT2D eigenvalue weighted by Gasteiger charge is 2.21. The molecule has 3 aromatic heterocycles. The quantitative estimate of drug-likeness (QED) is 0.192. The molecule has 0 atom stereocenters. The molecule has 0 aliphatic heterocycles. The zero-order valence-corrected chi connectivity index (χ0v) is 26.2. The summed E-state index contributed by atoms with van der Waals surface area (Å²) >= 11 is 1.88. The molecule has 3 heterocycles. The van der Waals surface area contributed by atoms with Crippen LogP contribution in [0.2, 0.25) is 0 Å². The molecule has 0 N–H and O–H groups in total. The standard InChI is InChI=1S/C44H27NOS/c1-3-12-28(13-4-1)29-24-25-39-37(27-29)35-21-10-20-34(43(35)46-39)31-15-9-14-30(26-31)33-19-11-23-40-41(33)42-44(47-40)36-18-7-8-22-38(36)45(42)32-16-5-2-6-17-32/h1-27H. The van der Waals surface area contributed by atoms with E-state index in [0.29, 0.717) is 0 Å². The number of hydrogen-bond acceptors (Lipinski definition) is 2. The number of para-hydroxylation sites is 3. The first-order chi connectivity index (χ1) is 23.3. The molecule has 0 aliphatic rings. The molecule has 47 heavy (non-hydrogen) atoms. The summed E-state index contributed by atoms with van der Waals surface area (Å²) in [5.41, 5.74) is 12.6. The van der Waals surface area contributed by atoms with E-state index >= 15 is 0 Å². The van der Waals surface area contributed by atoms with Gasteiger partial charge in [0.2, 0.25) is 0 Å². The van der Waals surface area contributed by atoms with Crippen LogP contribution in [0.1, 0.15) is 0 Å². The molecule has 7 aromatic carbocycles. The topological polar surface area (TPSA) is 18.1 Å². The lowest BCUT2D eigenvalue weighted by Gasteiger charge is -2.11. The highest BCUT2D eigenvalue weighted by molar-refractivity contribution is 7.26. The van der Waals surface area contributed by atoms with E-state index in [4.69, 9.17) is 4.42 Å². The fourth-order valence-corrected chi connectivity index (χ4v) is 8.53. The van der Waals surface area contributed by atoms with Crippen LogP contribution in [-0.2, 0) is 0 Å². The Balaban J connectivity index is 1.18. The molecule has 0 spiro atoms. The van der Waals surface area contributed by atoms with E-state index < -0.39 is 0 Å². The number of nitrogens with zero attached hydrogens (tertiary/aromatic N) is 1.